The summed E-state index contributed by atoms with van der Waals surface area (Å²) in [5.41, 5.74) is 1.83. The fourth-order valence-electron chi connectivity index (χ4n) is 2.90. The average Bonchev–Trinajstić information content (AvgIpc) is 3.03. The smallest absolute Gasteiger partial charge is 0.269 e. The molecule has 0 aromatic heterocycles. The molecule has 3 aromatic carbocycles. The van der Waals surface area contributed by atoms with Gasteiger partial charge in [0.05, 0.1) is 10.5 Å². The average molecular weight is 442 g/mol. The van der Waals surface area contributed by atoms with E-state index in [9.17, 15) is 14.9 Å². The number of non-ortho nitro benzene ring substituents is 1. The van der Waals surface area contributed by atoms with E-state index >= 15 is 0 Å². The van der Waals surface area contributed by atoms with E-state index in [0.29, 0.717) is 32.7 Å². The summed E-state index contributed by atoms with van der Waals surface area (Å²) in [7, 11) is 0. The first-order valence-electron chi connectivity index (χ1n) is 8.80. The van der Waals surface area contributed by atoms with Gasteiger partial charge in [-0.25, -0.2) is 0 Å². The van der Waals surface area contributed by atoms with Crippen LogP contribution < -0.4 is 9.47 Å². The number of rotatable bonds is 5. The molecular weight excluding hydrogens is 429 g/mol. The van der Waals surface area contributed by atoms with Crippen molar-refractivity contribution in [1.29, 1.82) is 0 Å². The van der Waals surface area contributed by atoms with Crippen LogP contribution in [0.2, 0.25) is 10.0 Å². The number of ketones is 1. The number of allylic oxidation sites excluding steroid dienone is 1. The molecule has 0 bridgehead atoms. The minimum Gasteiger partial charge on any atom is -0.489 e. The van der Waals surface area contributed by atoms with Crippen molar-refractivity contribution in [2.24, 2.45) is 0 Å². The number of ether oxygens (including phenoxy) is 2. The molecule has 0 spiro atoms. The molecule has 30 heavy (non-hydrogen) atoms. The molecular formula is C22H13Cl2NO5. The fraction of sp³-hybridized carbons (Fsp3) is 0.0455. The van der Waals surface area contributed by atoms with E-state index in [1.165, 1.54) is 12.1 Å². The molecule has 0 unspecified atom stereocenters. The Morgan fingerprint density at radius 2 is 1.80 bits per heavy atom. The van der Waals surface area contributed by atoms with E-state index in [1.807, 2.05) is 0 Å². The number of Topliss-reactive ketones (excluding diaryl/α,β-unsaturated/α-hetero) is 1. The van der Waals surface area contributed by atoms with Crippen molar-refractivity contribution in [1.82, 2.24) is 0 Å². The van der Waals surface area contributed by atoms with E-state index in [1.54, 1.807) is 54.6 Å². The Balaban J connectivity index is 1.49. The zero-order valence-electron chi connectivity index (χ0n) is 15.3. The summed E-state index contributed by atoms with van der Waals surface area (Å²) in [6.07, 6.45) is 1.57. The lowest BCUT2D eigenvalue weighted by atomic mass is 10.1. The summed E-state index contributed by atoms with van der Waals surface area (Å²) in [4.78, 5) is 22.9. The number of carbonyl (C=O) groups excluding carboxylic acids is 1. The van der Waals surface area contributed by atoms with Crippen molar-refractivity contribution in [2.75, 3.05) is 0 Å². The van der Waals surface area contributed by atoms with Crippen LogP contribution in [0.1, 0.15) is 21.5 Å². The third-order valence-corrected chi connectivity index (χ3v) is 5.01. The molecule has 1 heterocycles. The Bertz CT molecular complexity index is 1190. The highest BCUT2D eigenvalue weighted by atomic mass is 35.5. The van der Waals surface area contributed by atoms with Gasteiger partial charge in [0.2, 0.25) is 5.78 Å². The lowest BCUT2D eigenvalue weighted by Crippen LogP contribution is -1.98. The monoisotopic (exact) mass is 441 g/mol. The van der Waals surface area contributed by atoms with Crippen LogP contribution in [0.15, 0.2) is 66.4 Å². The predicted octanol–water partition coefficient (Wildman–Crippen LogP) is 6.10. The molecule has 0 amide bonds. The van der Waals surface area contributed by atoms with Crippen LogP contribution in [0.25, 0.3) is 6.08 Å². The first-order valence-corrected chi connectivity index (χ1v) is 9.56. The molecule has 4 rings (SSSR count). The van der Waals surface area contributed by atoms with E-state index in [2.05, 4.69) is 0 Å². The second kappa shape index (κ2) is 8.18. The maximum Gasteiger partial charge on any atom is 0.269 e. The number of carbonyl (C=O) groups is 1. The molecule has 8 heteroatoms. The Hall–Kier alpha value is -3.35. The molecule has 0 fully saturated rings. The van der Waals surface area contributed by atoms with Gasteiger partial charge in [-0.05, 0) is 53.6 Å². The van der Waals surface area contributed by atoms with E-state index in [0.717, 1.165) is 5.56 Å². The number of fused-ring (bicyclic) bond motifs is 1. The van der Waals surface area contributed by atoms with Gasteiger partial charge < -0.3 is 9.47 Å². The van der Waals surface area contributed by atoms with Gasteiger partial charge in [0.25, 0.3) is 5.69 Å². The molecule has 1 aliphatic rings. The number of benzene rings is 3. The Morgan fingerprint density at radius 3 is 2.50 bits per heavy atom. The van der Waals surface area contributed by atoms with Crippen LogP contribution in [0.4, 0.5) is 5.69 Å². The SMILES string of the molecule is O=C1/C(=C/c2ccc(Cl)cc2Cl)Oc2cc(OCc3ccc([N+](=O)[O-])cc3)ccc21. The molecule has 0 N–H and O–H groups in total. The zero-order valence-corrected chi connectivity index (χ0v) is 16.8. The van der Waals surface area contributed by atoms with Crippen molar-refractivity contribution >= 4 is 40.7 Å². The molecule has 3 aromatic rings. The molecule has 6 nitrogen and oxygen atoms in total. The van der Waals surface area contributed by atoms with Crippen LogP contribution in [0, 0.1) is 10.1 Å². The van der Waals surface area contributed by atoms with E-state index in [4.69, 9.17) is 32.7 Å². The molecule has 0 atom stereocenters. The quantitative estimate of drug-likeness (QED) is 0.271. The van der Waals surface area contributed by atoms with Crippen LogP contribution >= 0.6 is 23.2 Å². The summed E-state index contributed by atoms with van der Waals surface area (Å²) >= 11 is 12.1. The highest BCUT2D eigenvalue weighted by Gasteiger charge is 2.28. The summed E-state index contributed by atoms with van der Waals surface area (Å²) in [5, 5.41) is 11.6. The topological polar surface area (TPSA) is 78.7 Å². The minimum absolute atomic E-state index is 0.0169. The largest absolute Gasteiger partial charge is 0.489 e. The number of hydrogen-bond donors (Lipinski definition) is 0. The summed E-state index contributed by atoms with van der Waals surface area (Å²) in [6.45, 7) is 0.216. The first-order chi connectivity index (χ1) is 14.4. The maximum absolute atomic E-state index is 12.6. The van der Waals surface area contributed by atoms with Crippen LogP contribution in [0.5, 0.6) is 11.5 Å². The Labute approximate surface area is 181 Å². The summed E-state index contributed by atoms with van der Waals surface area (Å²) in [5.74, 6) is 0.794. The van der Waals surface area contributed by atoms with Crippen LogP contribution in [0.3, 0.4) is 0 Å². The Kier molecular flexibility index (Phi) is 5.44. The summed E-state index contributed by atoms with van der Waals surface area (Å²) < 4.78 is 11.4. The number of nitro benzene ring substituents is 1. The lowest BCUT2D eigenvalue weighted by Gasteiger charge is -2.07. The first kappa shape index (κ1) is 19.9. The van der Waals surface area contributed by atoms with Gasteiger partial charge in [0.15, 0.2) is 5.76 Å². The van der Waals surface area contributed by atoms with Crippen molar-refractivity contribution in [3.05, 3.63) is 103 Å². The van der Waals surface area contributed by atoms with Crippen LogP contribution in [-0.4, -0.2) is 10.7 Å². The van der Waals surface area contributed by atoms with Gasteiger partial charge in [0.1, 0.15) is 18.1 Å². The number of nitro groups is 1. The molecule has 0 radical (unpaired) electrons. The van der Waals surface area contributed by atoms with E-state index < -0.39 is 4.92 Å². The lowest BCUT2D eigenvalue weighted by molar-refractivity contribution is -0.384. The fourth-order valence-corrected chi connectivity index (χ4v) is 3.36. The molecule has 0 aliphatic carbocycles. The normalized spacial score (nSPS) is 13.8. The minimum atomic E-state index is -0.457. The highest BCUT2D eigenvalue weighted by molar-refractivity contribution is 6.35. The van der Waals surface area contributed by atoms with Gasteiger partial charge >= 0.3 is 0 Å². The second-order valence-electron chi connectivity index (χ2n) is 6.48. The van der Waals surface area contributed by atoms with Gasteiger partial charge in [-0.15, -0.1) is 0 Å². The molecule has 0 saturated heterocycles. The third-order valence-electron chi connectivity index (χ3n) is 4.44. The molecule has 150 valence electrons. The predicted molar refractivity (Wildman–Crippen MR) is 113 cm³/mol. The summed E-state index contributed by atoms with van der Waals surface area (Å²) in [6, 6.07) is 16.0. The van der Waals surface area contributed by atoms with Crippen molar-refractivity contribution in [3.63, 3.8) is 0 Å². The number of hydrogen-bond acceptors (Lipinski definition) is 5. The van der Waals surface area contributed by atoms with Gasteiger partial charge in [-0.1, -0.05) is 29.3 Å². The second-order valence-corrected chi connectivity index (χ2v) is 7.32. The standard InChI is InChI=1S/C22H13Cl2NO5/c23-15-4-3-14(19(24)10-15)9-21-22(26)18-8-7-17(11-20(18)30-21)29-12-13-1-5-16(6-2-13)25(27)28/h1-11H,12H2/b21-9-. The van der Waals surface area contributed by atoms with Crippen LogP contribution in [-0.2, 0) is 6.61 Å². The third kappa shape index (κ3) is 4.15. The maximum atomic E-state index is 12.6. The molecule has 0 saturated carbocycles. The zero-order chi connectivity index (χ0) is 21.3. The van der Waals surface area contributed by atoms with Gasteiger partial charge in [-0.3, -0.25) is 14.9 Å². The van der Waals surface area contributed by atoms with E-state index in [-0.39, 0.29) is 23.8 Å². The highest BCUT2D eigenvalue weighted by Crippen LogP contribution is 2.36. The number of halogens is 2. The Morgan fingerprint density at radius 1 is 1.03 bits per heavy atom. The van der Waals surface area contributed by atoms with Crippen molar-refractivity contribution < 1.29 is 19.2 Å². The number of nitrogens with zero attached hydrogens (tertiary/aromatic N) is 1. The van der Waals surface area contributed by atoms with Gasteiger partial charge in [0, 0.05) is 28.2 Å². The molecule has 1 aliphatic heterocycles. The van der Waals surface area contributed by atoms with Gasteiger partial charge in [-0.2, -0.15) is 0 Å². The van der Waals surface area contributed by atoms with Crippen molar-refractivity contribution in [3.8, 4) is 11.5 Å². The van der Waals surface area contributed by atoms with Crippen molar-refractivity contribution in [2.45, 2.75) is 6.61 Å².